The van der Waals surface area contributed by atoms with Crippen molar-refractivity contribution in [2.24, 2.45) is 0 Å². The van der Waals surface area contributed by atoms with Gasteiger partial charge in [0, 0.05) is 65.4 Å². The summed E-state index contributed by atoms with van der Waals surface area (Å²) in [5.41, 5.74) is 10.8. The lowest BCUT2D eigenvalue weighted by Gasteiger charge is -2.12. The van der Waals surface area contributed by atoms with E-state index in [1.54, 1.807) is 0 Å². The number of hydrogen-bond acceptors (Lipinski definition) is 2. The van der Waals surface area contributed by atoms with Gasteiger partial charge in [0.05, 0.1) is 33.3 Å². The SMILES string of the molecule is c1ccc(-c2nc(-n3c4ccccc4c4c5c(ccc6c5c5cc7[nH]c8ccccc8c7cc5n6-c5ccccc5)ccc43)nc3ccccc23)cc1. The number of hydrogen-bond donors (Lipinski definition) is 1. The van der Waals surface area contributed by atoms with Gasteiger partial charge >= 0.3 is 0 Å². The van der Waals surface area contributed by atoms with E-state index in [0.717, 1.165) is 49.9 Å². The normalized spacial score (nSPS) is 12.2. The van der Waals surface area contributed by atoms with Crippen LogP contribution < -0.4 is 0 Å². The molecule has 5 nitrogen and oxygen atoms in total. The number of nitrogens with one attached hydrogen (secondary N) is 1. The van der Waals surface area contributed by atoms with Gasteiger partial charge < -0.3 is 9.55 Å². The van der Waals surface area contributed by atoms with Crippen molar-refractivity contribution in [2.75, 3.05) is 0 Å². The van der Waals surface area contributed by atoms with E-state index in [-0.39, 0.29) is 0 Å². The third kappa shape index (κ3) is 3.96. The van der Waals surface area contributed by atoms with Crippen LogP contribution in [0.15, 0.2) is 170 Å². The Morgan fingerprint density at radius 3 is 1.89 bits per heavy atom. The van der Waals surface area contributed by atoms with E-state index in [1.165, 1.54) is 54.1 Å². The molecular formula is C48H29N5. The molecule has 0 aliphatic heterocycles. The van der Waals surface area contributed by atoms with Gasteiger partial charge in [-0.2, -0.15) is 0 Å². The number of benzene rings is 8. The molecule has 0 aliphatic rings. The summed E-state index contributed by atoms with van der Waals surface area (Å²) in [7, 11) is 0. The summed E-state index contributed by atoms with van der Waals surface area (Å²) in [4.78, 5) is 14.3. The van der Waals surface area contributed by atoms with E-state index in [2.05, 4.69) is 178 Å². The largest absolute Gasteiger partial charge is 0.354 e. The Bertz CT molecular complexity index is 3440. The van der Waals surface area contributed by atoms with Crippen molar-refractivity contribution in [3.05, 3.63) is 170 Å². The number of nitrogens with zero attached hydrogens (tertiary/aromatic N) is 4. The van der Waals surface area contributed by atoms with Crippen molar-refractivity contribution < 1.29 is 0 Å². The molecule has 4 heterocycles. The van der Waals surface area contributed by atoms with Gasteiger partial charge in [0.2, 0.25) is 5.95 Å². The molecule has 0 unspecified atom stereocenters. The zero-order chi connectivity index (χ0) is 34.6. The molecule has 8 aromatic carbocycles. The van der Waals surface area contributed by atoms with Crippen molar-refractivity contribution >= 4 is 87.1 Å². The van der Waals surface area contributed by atoms with Gasteiger partial charge in [-0.15, -0.1) is 0 Å². The standard InChI is InChI=1S/C48H29N5/c1-3-13-30(14-4-1)47-33-18-8-11-21-38(33)50-48(51-47)53-40-22-12-9-19-34(40)45-42(53)26-24-29-23-25-41-46(44(29)45)36-27-39-35(32-17-7-10-20-37(32)49-39)28-43(36)52(41)31-15-5-2-6-16-31/h1-28,49H. The second kappa shape index (κ2) is 10.6. The number of fused-ring (bicyclic) bond motifs is 13. The first-order valence-electron chi connectivity index (χ1n) is 18.0. The number of aromatic amines is 1. The van der Waals surface area contributed by atoms with Crippen LogP contribution >= 0.6 is 0 Å². The summed E-state index contributed by atoms with van der Waals surface area (Å²) in [5, 5.41) is 10.7. The molecule has 0 saturated heterocycles. The number of H-pyrrole nitrogens is 1. The van der Waals surface area contributed by atoms with Crippen molar-refractivity contribution in [1.29, 1.82) is 0 Å². The van der Waals surface area contributed by atoms with Crippen LogP contribution in [0.5, 0.6) is 0 Å². The molecule has 53 heavy (non-hydrogen) atoms. The fourth-order valence-corrected chi connectivity index (χ4v) is 8.78. The molecular weight excluding hydrogens is 647 g/mol. The molecule has 4 aromatic heterocycles. The zero-order valence-corrected chi connectivity index (χ0v) is 28.5. The molecule has 0 saturated carbocycles. The van der Waals surface area contributed by atoms with E-state index in [0.29, 0.717) is 5.95 Å². The maximum atomic E-state index is 5.35. The van der Waals surface area contributed by atoms with Gasteiger partial charge in [0.1, 0.15) is 0 Å². The Labute approximate surface area is 303 Å². The number of aromatic nitrogens is 5. The summed E-state index contributed by atoms with van der Waals surface area (Å²) in [6.07, 6.45) is 0. The molecule has 0 aliphatic carbocycles. The highest BCUT2D eigenvalue weighted by Gasteiger charge is 2.23. The van der Waals surface area contributed by atoms with Gasteiger partial charge in [-0.25, -0.2) is 9.97 Å². The minimum absolute atomic E-state index is 0.659. The van der Waals surface area contributed by atoms with Crippen LogP contribution in [0.25, 0.3) is 110 Å². The minimum atomic E-state index is 0.659. The fraction of sp³-hybridized carbons (Fsp3) is 0. The third-order valence-electron chi connectivity index (χ3n) is 11.0. The number of para-hydroxylation sites is 4. The zero-order valence-electron chi connectivity index (χ0n) is 28.5. The van der Waals surface area contributed by atoms with E-state index in [9.17, 15) is 0 Å². The molecule has 0 spiro atoms. The Morgan fingerprint density at radius 1 is 0.396 bits per heavy atom. The predicted molar refractivity (Wildman–Crippen MR) is 221 cm³/mol. The Kier molecular flexibility index (Phi) is 5.71. The van der Waals surface area contributed by atoms with Gasteiger partial charge in [-0.1, -0.05) is 115 Å². The molecule has 1 N–H and O–H groups in total. The summed E-state index contributed by atoms with van der Waals surface area (Å²) >= 11 is 0. The molecule has 5 heteroatoms. The maximum Gasteiger partial charge on any atom is 0.235 e. The van der Waals surface area contributed by atoms with Crippen LogP contribution in [0.4, 0.5) is 0 Å². The average molecular weight is 676 g/mol. The summed E-state index contributed by atoms with van der Waals surface area (Å²) in [6.45, 7) is 0. The van der Waals surface area contributed by atoms with Crippen LogP contribution in [0.1, 0.15) is 0 Å². The average Bonchev–Trinajstić information content (AvgIpc) is 3.87. The van der Waals surface area contributed by atoms with E-state index >= 15 is 0 Å². The van der Waals surface area contributed by atoms with Crippen molar-refractivity contribution in [2.45, 2.75) is 0 Å². The first-order chi connectivity index (χ1) is 26.3. The van der Waals surface area contributed by atoms with E-state index in [4.69, 9.17) is 9.97 Å². The van der Waals surface area contributed by atoms with Crippen LogP contribution in [0.3, 0.4) is 0 Å². The molecule has 0 amide bonds. The van der Waals surface area contributed by atoms with Gasteiger partial charge in [0.25, 0.3) is 0 Å². The van der Waals surface area contributed by atoms with Gasteiger partial charge in [-0.05, 0) is 60.0 Å². The molecule has 0 atom stereocenters. The lowest BCUT2D eigenvalue weighted by atomic mass is 9.98. The van der Waals surface area contributed by atoms with Crippen molar-refractivity contribution in [3.8, 4) is 22.9 Å². The molecule has 12 rings (SSSR count). The highest BCUT2D eigenvalue weighted by molar-refractivity contribution is 6.34. The second-order valence-corrected chi connectivity index (χ2v) is 13.9. The number of rotatable bonds is 3. The Hall–Kier alpha value is -7.24. The molecule has 246 valence electrons. The van der Waals surface area contributed by atoms with Gasteiger partial charge in [-0.3, -0.25) is 4.57 Å². The quantitative estimate of drug-likeness (QED) is 0.203. The predicted octanol–water partition coefficient (Wildman–Crippen LogP) is 12.3. The van der Waals surface area contributed by atoms with Gasteiger partial charge in [0.15, 0.2) is 0 Å². The summed E-state index contributed by atoms with van der Waals surface area (Å²) in [5.74, 6) is 0.659. The maximum absolute atomic E-state index is 5.35. The monoisotopic (exact) mass is 675 g/mol. The molecule has 0 radical (unpaired) electrons. The Morgan fingerprint density at radius 2 is 1.06 bits per heavy atom. The van der Waals surface area contributed by atoms with Crippen LogP contribution in [-0.4, -0.2) is 24.1 Å². The molecule has 0 bridgehead atoms. The third-order valence-corrected chi connectivity index (χ3v) is 11.0. The first-order valence-corrected chi connectivity index (χ1v) is 18.0. The van der Waals surface area contributed by atoms with E-state index in [1.807, 2.05) is 6.07 Å². The fourth-order valence-electron chi connectivity index (χ4n) is 8.78. The van der Waals surface area contributed by atoms with Crippen LogP contribution in [0, 0.1) is 0 Å². The summed E-state index contributed by atoms with van der Waals surface area (Å²) < 4.78 is 4.69. The lowest BCUT2D eigenvalue weighted by molar-refractivity contribution is 1.01. The molecule has 0 fully saturated rings. The lowest BCUT2D eigenvalue weighted by Crippen LogP contribution is -2.03. The molecule has 12 aromatic rings. The Balaban J connectivity index is 1.26. The first kappa shape index (κ1) is 28.5. The highest BCUT2D eigenvalue weighted by atomic mass is 15.2. The topological polar surface area (TPSA) is 51.4 Å². The van der Waals surface area contributed by atoms with Crippen molar-refractivity contribution in [1.82, 2.24) is 24.1 Å². The second-order valence-electron chi connectivity index (χ2n) is 13.9. The minimum Gasteiger partial charge on any atom is -0.354 e. The van der Waals surface area contributed by atoms with Crippen molar-refractivity contribution in [3.63, 3.8) is 0 Å². The van der Waals surface area contributed by atoms with Crippen LogP contribution in [0.2, 0.25) is 0 Å². The summed E-state index contributed by atoms with van der Waals surface area (Å²) in [6, 6.07) is 60.6. The van der Waals surface area contributed by atoms with Crippen LogP contribution in [-0.2, 0) is 0 Å². The smallest absolute Gasteiger partial charge is 0.235 e. The van der Waals surface area contributed by atoms with E-state index < -0.39 is 0 Å². The highest BCUT2D eigenvalue weighted by Crippen LogP contribution is 2.45.